The standard InChI is InChI=1S/C21H19FN2O3S/c1-13(2)17-10-20(27-16-6-7-18-19(9-16)26-12-25-18)24-21(23-17)28-11-14-4-3-5-15(22)8-14/h3-10,13H,11-12H2,1-2H3. The fourth-order valence-electron chi connectivity index (χ4n) is 2.67. The van der Waals surface area contributed by atoms with Crippen molar-refractivity contribution in [3.05, 3.63) is 65.6 Å². The van der Waals surface area contributed by atoms with Crippen LogP contribution in [-0.4, -0.2) is 16.8 Å². The number of thioether (sulfide) groups is 1. The maximum Gasteiger partial charge on any atom is 0.231 e. The summed E-state index contributed by atoms with van der Waals surface area (Å²) in [6, 6.07) is 13.8. The minimum Gasteiger partial charge on any atom is -0.454 e. The molecular weight excluding hydrogens is 379 g/mol. The molecule has 144 valence electrons. The van der Waals surface area contributed by atoms with Crippen LogP contribution in [0, 0.1) is 5.82 Å². The summed E-state index contributed by atoms with van der Waals surface area (Å²) in [5, 5.41) is 0.589. The monoisotopic (exact) mass is 398 g/mol. The van der Waals surface area contributed by atoms with E-state index >= 15 is 0 Å². The molecule has 2 heterocycles. The van der Waals surface area contributed by atoms with Crippen LogP contribution in [0.25, 0.3) is 0 Å². The SMILES string of the molecule is CC(C)c1cc(Oc2ccc3c(c2)OCO3)nc(SCc2cccc(F)c2)n1. The predicted molar refractivity (Wildman–Crippen MR) is 105 cm³/mol. The lowest BCUT2D eigenvalue weighted by Crippen LogP contribution is -2.00. The Morgan fingerprint density at radius 2 is 1.93 bits per heavy atom. The van der Waals surface area contributed by atoms with Gasteiger partial charge in [0.1, 0.15) is 11.6 Å². The zero-order chi connectivity index (χ0) is 19.5. The van der Waals surface area contributed by atoms with Crippen molar-refractivity contribution in [1.82, 2.24) is 9.97 Å². The van der Waals surface area contributed by atoms with E-state index in [4.69, 9.17) is 14.2 Å². The number of ether oxygens (including phenoxy) is 3. The molecule has 0 saturated carbocycles. The van der Waals surface area contributed by atoms with Gasteiger partial charge in [-0.25, -0.2) is 9.37 Å². The number of aromatic nitrogens is 2. The minimum absolute atomic E-state index is 0.213. The average Bonchev–Trinajstić information content (AvgIpc) is 3.14. The number of benzene rings is 2. The third kappa shape index (κ3) is 4.36. The first-order chi connectivity index (χ1) is 13.6. The zero-order valence-electron chi connectivity index (χ0n) is 15.5. The molecular formula is C21H19FN2O3S. The summed E-state index contributed by atoms with van der Waals surface area (Å²) in [7, 11) is 0. The summed E-state index contributed by atoms with van der Waals surface area (Å²) in [6.45, 7) is 4.34. The van der Waals surface area contributed by atoms with Crippen LogP contribution in [0.5, 0.6) is 23.1 Å². The van der Waals surface area contributed by atoms with Gasteiger partial charge < -0.3 is 14.2 Å². The van der Waals surface area contributed by atoms with Gasteiger partial charge in [-0.15, -0.1) is 0 Å². The van der Waals surface area contributed by atoms with Crippen LogP contribution in [0.3, 0.4) is 0 Å². The molecule has 0 saturated heterocycles. The van der Waals surface area contributed by atoms with E-state index in [1.807, 2.05) is 24.3 Å². The summed E-state index contributed by atoms with van der Waals surface area (Å²) in [4.78, 5) is 9.11. The Morgan fingerprint density at radius 1 is 1.07 bits per heavy atom. The van der Waals surface area contributed by atoms with Crippen LogP contribution >= 0.6 is 11.8 Å². The molecule has 5 nitrogen and oxygen atoms in total. The van der Waals surface area contributed by atoms with Crippen molar-refractivity contribution >= 4 is 11.8 Å². The van der Waals surface area contributed by atoms with Crippen molar-refractivity contribution in [1.29, 1.82) is 0 Å². The van der Waals surface area contributed by atoms with Gasteiger partial charge in [-0.1, -0.05) is 37.7 Å². The number of fused-ring (bicyclic) bond motifs is 1. The lowest BCUT2D eigenvalue weighted by molar-refractivity contribution is 0.174. The Bertz CT molecular complexity index is 997. The highest BCUT2D eigenvalue weighted by Gasteiger charge is 2.15. The quantitative estimate of drug-likeness (QED) is 0.401. The second kappa shape index (κ2) is 8.06. The first-order valence-corrected chi connectivity index (χ1v) is 9.89. The Hall–Kier alpha value is -2.80. The molecule has 3 aromatic rings. The van der Waals surface area contributed by atoms with Gasteiger partial charge in [0.25, 0.3) is 0 Å². The van der Waals surface area contributed by atoms with Crippen molar-refractivity contribution in [2.45, 2.75) is 30.7 Å². The van der Waals surface area contributed by atoms with E-state index in [0.717, 1.165) is 11.3 Å². The average molecular weight is 398 g/mol. The van der Waals surface area contributed by atoms with Crippen LogP contribution in [-0.2, 0) is 5.75 Å². The lowest BCUT2D eigenvalue weighted by atomic mass is 10.1. The van der Waals surface area contributed by atoms with Gasteiger partial charge in [0.2, 0.25) is 12.7 Å². The summed E-state index contributed by atoms with van der Waals surface area (Å²) in [5.41, 5.74) is 1.76. The normalized spacial score (nSPS) is 12.4. The first-order valence-electron chi connectivity index (χ1n) is 8.90. The van der Waals surface area contributed by atoms with Crippen LogP contribution in [0.4, 0.5) is 4.39 Å². The Morgan fingerprint density at radius 3 is 2.75 bits per heavy atom. The molecule has 0 aliphatic carbocycles. The lowest BCUT2D eigenvalue weighted by Gasteiger charge is -2.11. The summed E-state index contributed by atoms with van der Waals surface area (Å²) in [5.74, 6) is 2.96. The molecule has 1 aliphatic rings. The van der Waals surface area contributed by atoms with E-state index in [1.54, 1.807) is 12.1 Å². The molecule has 1 aliphatic heterocycles. The van der Waals surface area contributed by atoms with Crippen molar-refractivity contribution in [3.8, 4) is 23.1 Å². The number of nitrogens with zero attached hydrogens (tertiary/aromatic N) is 2. The number of rotatable bonds is 6. The first kappa shape index (κ1) is 18.6. The molecule has 1 aromatic heterocycles. The van der Waals surface area contributed by atoms with Crippen molar-refractivity contribution in [2.24, 2.45) is 0 Å². The summed E-state index contributed by atoms with van der Waals surface area (Å²) >= 11 is 1.45. The van der Waals surface area contributed by atoms with Gasteiger partial charge in [-0.05, 0) is 35.7 Å². The molecule has 0 spiro atoms. The van der Waals surface area contributed by atoms with Gasteiger partial charge in [0, 0.05) is 17.9 Å². The van der Waals surface area contributed by atoms with Crippen molar-refractivity contribution in [3.63, 3.8) is 0 Å². The van der Waals surface area contributed by atoms with Gasteiger partial charge >= 0.3 is 0 Å². The highest BCUT2D eigenvalue weighted by Crippen LogP contribution is 2.37. The highest BCUT2D eigenvalue weighted by molar-refractivity contribution is 7.98. The van der Waals surface area contributed by atoms with E-state index in [9.17, 15) is 4.39 Å². The van der Waals surface area contributed by atoms with E-state index in [0.29, 0.717) is 34.0 Å². The highest BCUT2D eigenvalue weighted by atomic mass is 32.2. The van der Waals surface area contributed by atoms with E-state index in [1.165, 1.54) is 23.9 Å². The Labute approximate surface area is 166 Å². The zero-order valence-corrected chi connectivity index (χ0v) is 16.3. The third-order valence-corrected chi connectivity index (χ3v) is 5.04. The second-order valence-corrected chi connectivity index (χ2v) is 7.55. The molecule has 0 atom stereocenters. The van der Waals surface area contributed by atoms with Gasteiger partial charge in [-0.3, -0.25) is 0 Å². The number of hydrogen-bond donors (Lipinski definition) is 0. The summed E-state index contributed by atoms with van der Waals surface area (Å²) < 4.78 is 30.0. The molecule has 0 bridgehead atoms. The molecule has 0 unspecified atom stereocenters. The largest absolute Gasteiger partial charge is 0.454 e. The third-order valence-electron chi connectivity index (χ3n) is 4.12. The van der Waals surface area contributed by atoms with E-state index in [-0.39, 0.29) is 18.5 Å². The topological polar surface area (TPSA) is 53.5 Å². The van der Waals surface area contributed by atoms with Crippen LogP contribution in [0.1, 0.15) is 31.0 Å². The van der Waals surface area contributed by atoms with E-state index in [2.05, 4.69) is 23.8 Å². The molecule has 0 N–H and O–H groups in total. The maximum atomic E-state index is 13.4. The molecule has 4 rings (SSSR count). The van der Waals surface area contributed by atoms with E-state index < -0.39 is 0 Å². The van der Waals surface area contributed by atoms with Crippen molar-refractivity contribution in [2.75, 3.05) is 6.79 Å². The molecule has 2 aromatic carbocycles. The molecule has 0 radical (unpaired) electrons. The number of hydrogen-bond acceptors (Lipinski definition) is 6. The Kier molecular flexibility index (Phi) is 5.34. The molecule has 7 heteroatoms. The van der Waals surface area contributed by atoms with Gasteiger partial charge in [0.05, 0.1) is 5.69 Å². The van der Waals surface area contributed by atoms with Crippen LogP contribution in [0.2, 0.25) is 0 Å². The number of halogens is 1. The van der Waals surface area contributed by atoms with Gasteiger partial charge in [-0.2, -0.15) is 4.98 Å². The fourth-order valence-corrected chi connectivity index (χ4v) is 3.47. The summed E-state index contributed by atoms with van der Waals surface area (Å²) in [6.07, 6.45) is 0. The second-order valence-electron chi connectivity index (χ2n) is 6.60. The van der Waals surface area contributed by atoms with Gasteiger partial charge in [0.15, 0.2) is 16.7 Å². The molecule has 0 fully saturated rings. The van der Waals surface area contributed by atoms with Crippen molar-refractivity contribution < 1.29 is 18.6 Å². The van der Waals surface area contributed by atoms with Crippen LogP contribution < -0.4 is 14.2 Å². The fraction of sp³-hybridized carbons (Fsp3) is 0.238. The molecule has 28 heavy (non-hydrogen) atoms. The predicted octanol–water partition coefficient (Wildman–Crippen LogP) is 5.55. The maximum absolute atomic E-state index is 13.4. The Balaban J connectivity index is 1.55. The minimum atomic E-state index is -0.248. The van der Waals surface area contributed by atoms with Crippen LogP contribution in [0.15, 0.2) is 53.7 Å². The molecule has 0 amide bonds. The smallest absolute Gasteiger partial charge is 0.231 e.